The monoisotopic (exact) mass is 218 g/mol. The molecule has 0 amide bonds. The van der Waals surface area contributed by atoms with Crippen LogP contribution in [0.15, 0.2) is 6.20 Å². The lowest BCUT2D eigenvalue weighted by Crippen LogP contribution is -2.06. The summed E-state index contributed by atoms with van der Waals surface area (Å²) in [7, 11) is 1.85. The zero-order chi connectivity index (χ0) is 11.3. The number of H-pyrrole nitrogens is 1. The smallest absolute Gasteiger partial charge is 0.354 e. The van der Waals surface area contributed by atoms with Crippen molar-refractivity contribution in [3.63, 3.8) is 0 Å². The number of rotatable bonds is 1. The summed E-state index contributed by atoms with van der Waals surface area (Å²) >= 11 is 0. The lowest BCUT2D eigenvalue weighted by Gasteiger charge is -2.08. The van der Waals surface area contributed by atoms with Gasteiger partial charge in [-0.15, -0.1) is 0 Å². The predicted molar refractivity (Wildman–Crippen MR) is 55.2 cm³/mol. The van der Waals surface area contributed by atoms with Crippen LogP contribution in [0.4, 0.5) is 0 Å². The van der Waals surface area contributed by atoms with Gasteiger partial charge in [-0.1, -0.05) is 0 Å². The number of fused-ring (bicyclic) bond motifs is 3. The highest BCUT2D eigenvalue weighted by molar-refractivity contribution is 5.90. The number of aromatic carboxylic acids is 1. The van der Waals surface area contributed by atoms with Crippen molar-refractivity contribution in [2.45, 2.75) is 12.8 Å². The summed E-state index contributed by atoms with van der Waals surface area (Å²) in [5.41, 5.74) is 3.55. The van der Waals surface area contributed by atoms with Crippen molar-refractivity contribution in [3.05, 3.63) is 23.0 Å². The number of nitrogens with one attached hydrogen (secondary N) is 1. The van der Waals surface area contributed by atoms with Crippen LogP contribution in [0.25, 0.3) is 11.4 Å². The van der Waals surface area contributed by atoms with E-state index in [1.807, 2.05) is 13.2 Å². The summed E-state index contributed by atoms with van der Waals surface area (Å²) in [6.45, 7) is 0. The van der Waals surface area contributed by atoms with E-state index in [1.165, 1.54) is 0 Å². The van der Waals surface area contributed by atoms with Gasteiger partial charge < -0.3 is 5.11 Å². The first-order valence-corrected chi connectivity index (χ1v) is 5.00. The maximum atomic E-state index is 11.0. The van der Waals surface area contributed by atoms with Crippen molar-refractivity contribution in [3.8, 4) is 11.4 Å². The number of aryl methyl sites for hydroxylation is 2. The first-order chi connectivity index (χ1) is 7.66. The third kappa shape index (κ3) is 1.09. The molecule has 0 aliphatic heterocycles. The minimum absolute atomic E-state index is 0.186. The zero-order valence-electron chi connectivity index (χ0n) is 8.69. The van der Waals surface area contributed by atoms with Gasteiger partial charge in [-0.05, 0) is 12.8 Å². The molecule has 0 saturated carbocycles. The Bertz CT molecular complexity index is 582. The molecule has 0 saturated heterocycles. The fraction of sp³-hybridized carbons (Fsp3) is 0.300. The molecule has 3 rings (SSSR count). The highest BCUT2D eigenvalue weighted by atomic mass is 16.4. The largest absolute Gasteiger partial charge is 0.477 e. The number of hydrogen-bond acceptors (Lipinski definition) is 3. The Morgan fingerprint density at radius 1 is 1.50 bits per heavy atom. The SMILES string of the molecule is Cn1cc2c(n1)-c1n[nH]c(C(=O)O)c1CC2. The molecule has 16 heavy (non-hydrogen) atoms. The third-order valence-corrected chi connectivity index (χ3v) is 2.85. The molecule has 0 atom stereocenters. The van der Waals surface area contributed by atoms with Gasteiger partial charge in [0.15, 0.2) is 0 Å². The normalized spacial score (nSPS) is 13.3. The molecule has 0 spiro atoms. The summed E-state index contributed by atoms with van der Waals surface area (Å²) in [4.78, 5) is 11.0. The topological polar surface area (TPSA) is 83.8 Å². The summed E-state index contributed by atoms with van der Waals surface area (Å²) in [6, 6.07) is 0. The van der Waals surface area contributed by atoms with Crippen LogP contribution in [0.3, 0.4) is 0 Å². The van der Waals surface area contributed by atoms with E-state index in [0.717, 1.165) is 23.2 Å². The molecule has 6 nitrogen and oxygen atoms in total. The molecule has 2 aromatic rings. The molecule has 2 N–H and O–H groups in total. The van der Waals surface area contributed by atoms with Crippen LogP contribution < -0.4 is 0 Å². The molecule has 1 aliphatic rings. The highest BCUT2D eigenvalue weighted by Gasteiger charge is 2.27. The Kier molecular flexibility index (Phi) is 1.68. The first-order valence-electron chi connectivity index (χ1n) is 5.00. The van der Waals surface area contributed by atoms with Crippen LogP contribution in [0.5, 0.6) is 0 Å². The van der Waals surface area contributed by atoms with Crippen molar-refractivity contribution in [1.29, 1.82) is 0 Å². The number of carbonyl (C=O) groups is 1. The van der Waals surface area contributed by atoms with Gasteiger partial charge in [0.05, 0.1) is 0 Å². The summed E-state index contributed by atoms with van der Waals surface area (Å²) < 4.78 is 1.73. The van der Waals surface area contributed by atoms with Gasteiger partial charge >= 0.3 is 5.97 Å². The standard InChI is InChI=1S/C10H10N4O2/c1-14-4-5-2-3-6-8(7(5)13-14)11-12-9(6)10(15)16/h4H,2-3H2,1H3,(H,11,12)(H,15,16). The molecule has 82 valence electrons. The van der Waals surface area contributed by atoms with Crippen molar-refractivity contribution >= 4 is 5.97 Å². The summed E-state index contributed by atoms with van der Waals surface area (Å²) in [5.74, 6) is -0.965. The van der Waals surface area contributed by atoms with Crippen LogP contribution in [0.2, 0.25) is 0 Å². The van der Waals surface area contributed by atoms with Gasteiger partial charge in [-0.2, -0.15) is 10.2 Å². The minimum atomic E-state index is -0.965. The first kappa shape index (κ1) is 9.14. The van der Waals surface area contributed by atoms with E-state index in [1.54, 1.807) is 4.68 Å². The Balaban J connectivity index is 2.22. The molecule has 0 bridgehead atoms. The predicted octanol–water partition coefficient (Wildman–Crippen LogP) is 0.607. The van der Waals surface area contributed by atoms with Gasteiger partial charge in [0.1, 0.15) is 17.1 Å². The van der Waals surface area contributed by atoms with E-state index >= 15 is 0 Å². The number of carboxylic acid groups (broad SMARTS) is 1. The van der Waals surface area contributed by atoms with Gasteiger partial charge in [0, 0.05) is 24.4 Å². The Hall–Kier alpha value is -2.11. The van der Waals surface area contributed by atoms with E-state index < -0.39 is 5.97 Å². The summed E-state index contributed by atoms with van der Waals surface area (Å²) in [5, 5.41) is 19.9. The quantitative estimate of drug-likeness (QED) is 0.734. The number of carboxylic acids is 1. The van der Waals surface area contributed by atoms with Crippen molar-refractivity contribution in [1.82, 2.24) is 20.0 Å². The van der Waals surface area contributed by atoms with Gasteiger partial charge in [-0.3, -0.25) is 9.78 Å². The summed E-state index contributed by atoms with van der Waals surface area (Å²) in [6.07, 6.45) is 3.47. The van der Waals surface area contributed by atoms with Crippen LogP contribution >= 0.6 is 0 Å². The second-order valence-corrected chi connectivity index (χ2v) is 3.91. The third-order valence-electron chi connectivity index (χ3n) is 2.85. The number of aromatic nitrogens is 4. The highest BCUT2D eigenvalue weighted by Crippen LogP contribution is 2.31. The molecule has 0 radical (unpaired) electrons. The molecule has 1 aliphatic carbocycles. The number of hydrogen-bond donors (Lipinski definition) is 2. The number of nitrogens with zero attached hydrogens (tertiary/aromatic N) is 3. The molecule has 2 aromatic heterocycles. The molecule has 0 aromatic carbocycles. The lowest BCUT2D eigenvalue weighted by molar-refractivity contribution is 0.0689. The molecular weight excluding hydrogens is 208 g/mol. The van der Waals surface area contributed by atoms with Crippen LogP contribution in [0, 0.1) is 0 Å². The maximum Gasteiger partial charge on any atom is 0.354 e. The fourth-order valence-electron chi connectivity index (χ4n) is 2.16. The molecule has 0 fully saturated rings. The molecular formula is C10H10N4O2. The Morgan fingerprint density at radius 2 is 2.31 bits per heavy atom. The molecule has 6 heteroatoms. The van der Waals surface area contributed by atoms with Crippen molar-refractivity contribution in [2.75, 3.05) is 0 Å². The fourth-order valence-corrected chi connectivity index (χ4v) is 2.16. The van der Waals surface area contributed by atoms with Crippen molar-refractivity contribution in [2.24, 2.45) is 7.05 Å². The number of aromatic amines is 1. The van der Waals surface area contributed by atoms with Crippen LogP contribution in [-0.4, -0.2) is 31.1 Å². The van der Waals surface area contributed by atoms with E-state index in [-0.39, 0.29) is 5.69 Å². The average molecular weight is 218 g/mol. The van der Waals surface area contributed by atoms with Gasteiger partial charge in [-0.25, -0.2) is 4.79 Å². The van der Waals surface area contributed by atoms with Crippen molar-refractivity contribution < 1.29 is 9.90 Å². The minimum Gasteiger partial charge on any atom is -0.477 e. The Morgan fingerprint density at radius 3 is 3.06 bits per heavy atom. The van der Waals surface area contributed by atoms with Crippen LogP contribution in [-0.2, 0) is 19.9 Å². The average Bonchev–Trinajstić information content (AvgIpc) is 2.77. The van der Waals surface area contributed by atoms with Gasteiger partial charge in [0.25, 0.3) is 0 Å². The zero-order valence-corrected chi connectivity index (χ0v) is 8.69. The maximum absolute atomic E-state index is 11.0. The van der Waals surface area contributed by atoms with Crippen LogP contribution in [0.1, 0.15) is 21.6 Å². The van der Waals surface area contributed by atoms with E-state index in [2.05, 4.69) is 15.3 Å². The second-order valence-electron chi connectivity index (χ2n) is 3.91. The van der Waals surface area contributed by atoms with E-state index in [4.69, 9.17) is 5.11 Å². The van der Waals surface area contributed by atoms with E-state index in [9.17, 15) is 4.79 Å². The molecule has 0 unspecified atom stereocenters. The second kappa shape index (κ2) is 2.94. The van der Waals surface area contributed by atoms with E-state index in [0.29, 0.717) is 12.1 Å². The molecule has 2 heterocycles. The Labute approximate surface area is 90.9 Å². The van der Waals surface area contributed by atoms with Gasteiger partial charge in [0.2, 0.25) is 0 Å². The lowest BCUT2D eigenvalue weighted by atomic mass is 9.94.